The molecule has 2 atom stereocenters. The summed E-state index contributed by atoms with van der Waals surface area (Å²) in [5, 5.41) is 32.7. The van der Waals surface area contributed by atoms with Gasteiger partial charge in [-0.1, -0.05) is 6.07 Å². The summed E-state index contributed by atoms with van der Waals surface area (Å²) in [6.07, 6.45) is 2.10. The number of fused-ring (bicyclic) bond motifs is 1. The predicted molar refractivity (Wildman–Crippen MR) is 133 cm³/mol. The highest BCUT2D eigenvalue weighted by atomic mass is 16.5. The van der Waals surface area contributed by atoms with Gasteiger partial charge in [0.05, 0.1) is 16.8 Å². The molecule has 2 aromatic rings. The van der Waals surface area contributed by atoms with E-state index >= 15 is 0 Å². The van der Waals surface area contributed by atoms with Gasteiger partial charge in [-0.25, -0.2) is 0 Å². The van der Waals surface area contributed by atoms with Crippen LogP contribution in [0, 0.1) is 0 Å². The summed E-state index contributed by atoms with van der Waals surface area (Å²) in [5.74, 6) is 0.142. The molecule has 0 saturated carbocycles. The molecule has 36 heavy (non-hydrogen) atoms. The van der Waals surface area contributed by atoms with Crippen LogP contribution in [0.5, 0.6) is 0 Å². The molecule has 2 aromatic heterocycles. The van der Waals surface area contributed by atoms with Crippen molar-refractivity contribution in [2.45, 2.75) is 63.7 Å². The van der Waals surface area contributed by atoms with Crippen LogP contribution >= 0.6 is 0 Å². The zero-order chi connectivity index (χ0) is 25.5. The Balaban J connectivity index is 1.24. The first-order valence-corrected chi connectivity index (χ1v) is 12.7. The molecule has 5 rings (SSSR count). The van der Waals surface area contributed by atoms with Crippen molar-refractivity contribution in [3.8, 4) is 0 Å². The fourth-order valence-electron chi connectivity index (χ4n) is 5.72. The van der Waals surface area contributed by atoms with Gasteiger partial charge in [0.25, 0.3) is 5.91 Å². The molecule has 4 N–H and O–H groups in total. The summed E-state index contributed by atoms with van der Waals surface area (Å²) >= 11 is 0. The van der Waals surface area contributed by atoms with Gasteiger partial charge in [0.1, 0.15) is 5.69 Å². The van der Waals surface area contributed by atoms with Crippen molar-refractivity contribution in [2.75, 3.05) is 44.7 Å². The summed E-state index contributed by atoms with van der Waals surface area (Å²) in [6, 6.07) is 5.29. The van der Waals surface area contributed by atoms with Crippen LogP contribution in [-0.2, 0) is 16.8 Å². The number of H-pyrrole nitrogens is 1. The number of amides is 1. The van der Waals surface area contributed by atoms with Crippen LogP contribution in [0.15, 0.2) is 24.4 Å². The van der Waals surface area contributed by atoms with Crippen LogP contribution in [0.2, 0.25) is 0 Å². The molecule has 11 heteroatoms. The van der Waals surface area contributed by atoms with E-state index in [0.717, 1.165) is 24.3 Å². The number of pyridine rings is 1. The van der Waals surface area contributed by atoms with Crippen molar-refractivity contribution in [2.24, 2.45) is 0 Å². The number of carbonyl (C=O) groups is 1. The molecule has 1 amide bonds. The Morgan fingerprint density at radius 1 is 1.31 bits per heavy atom. The summed E-state index contributed by atoms with van der Waals surface area (Å²) < 4.78 is 5.41. The number of nitrogens with zero attached hydrogens (tertiary/aromatic N) is 5. The number of aromatic amines is 1. The largest absolute Gasteiger partial charge is 0.388 e. The molecule has 2 fully saturated rings. The van der Waals surface area contributed by atoms with Gasteiger partial charge in [0.15, 0.2) is 12.2 Å². The molecule has 0 radical (unpaired) electrons. The second kappa shape index (κ2) is 9.81. The van der Waals surface area contributed by atoms with Crippen molar-refractivity contribution in [1.82, 2.24) is 29.9 Å². The van der Waals surface area contributed by atoms with Gasteiger partial charge in [-0.05, 0) is 32.9 Å². The number of anilines is 1. The molecular formula is C25H37N7O4. The van der Waals surface area contributed by atoms with E-state index in [2.05, 4.69) is 37.2 Å². The summed E-state index contributed by atoms with van der Waals surface area (Å²) in [4.78, 5) is 23.2. The molecule has 11 nitrogen and oxygen atoms in total. The number of rotatable bonds is 6. The van der Waals surface area contributed by atoms with E-state index in [9.17, 15) is 15.0 Å². The van der Waals surface area contributed by atoms with Gasteiger partial charge in [-0.3, -0.25) is 29.6 Å². The maximum absolute atomic E-state index is 12.6. The van der Waals surface area contributed by atoms with Crippen molar-refractivity contribution in [3.05, 3.63) is 41.3 Å². The molecule has 196 valence electrons. The quantitative estimate of drug-likeness (QED) is 0.459. The first-order chi connectivity index (χ1) is 17.2. The number of piperazine rings is 1. The zero-order valence-corrected chi connectivity index (χ0v) is 21.3. The zero-order valence-electron chi connectivity index (χ0n) is 21.3. The molecule has 2 saturated heterocycles. The average molecular weight is 500 g/mol. The molecule has 1 unspecified atom stereocenters. The van der Waals surface area contributed by atoms with Gasteiger partial charge in [-0.2, -0.15) is 5.10 Å². The highest BCUT2D eigenvalue weighted by Gasteiger charge is 2.47. The van der Waals surface area contributed by atoms with Crippen LogP contribution in [0.3, 0.4) is 0 Å². The van der Waals surface area contributed by atoms with Gasteiger partial charge >= 0.3 is 0 Å². The Hall–Kier alpha value is -2.41. The molecule has 0 aromatic carbocycles. The SMILES string of the molecule is C[C@H]1CN(CC2(O)CCOCC2)CCN1C(O)N1Cc2c(NC(=O)c3ccccn3)n[nH]c2C1(C)C. The molecule has 0 aliphatic carbocycles. The van der Waals surface area contributed by atoms with Crippen molar-refractivity contribution < 1.29 is 19.7 Å². The third-order valence-electron chi connectivity index (χ3n) is 7.93. The molecule has 3 aliphatic rings. The topological polar surface area (TPSA) is 130 Å². The average Bonchev–Trinajstić information content (AvgIpc) is 3.37. The van der Waals surface area contributed by atoms with E-state index in [0.29, 0.717) is 57.2 Å². The second-order valence-electron chi connectivity index (χ2n) is 10.8. The summed E-state index contributed by atoms with van der Waals surface area (Å²) in [5.41, 5.74) is 0.869. The predicted octanol–water partition coefficient (Wildman–Crippen LogP) is 0.931. The monoisotopic (exact) mass is 499 g/mol. The lowest BCUT2D eigenvalue weighted by Crippen LogP contribution is -2.62. The van der Waals surface area contributed by atoms with E-state index in [-0.39, 0.29) is 11.9 Å². The Morgan fingerprint density at radius 3 is 2.78 bits per heavy atom. The van der Waals surface area contributed by atoms with E-state index in [1.54, 1.807) is 24.4 Å². The van der Waals surface area contributed by atoms with E-state index in [1.807, 2.05) is 18.7 Å². The van der Waals surface area contributed by atoms with Gasteiger partial charge in [0, 0.05) is 76.6 Å². The smallest absolute Gasteiger partial charge is 0.275 e. The second-order valence-corrected chi connectivity index (χ2v) is 10.8. The summed E-state index contributed by atoms with van der Waals surface area (Å²) in [7, 11) is 0. The minimum Gasteiger partial charge on any atom is -0.388 e. The van der Waals surface area contributed by atoms with E-state index in [4.69, 9.17) is 4.74 Å². The van der Waals surface area contributed by atoms with Crippen LogP contribution in [0.1, 0.15) is 55.4 Å². The Bertz CT molecular complexity index is 1070. The maximum Gasteiger partial charge on any atom is 0.275 e. The Kier molecular flexibility index (Phi) is 6.88. The van der Waals surface area contributed by atoms with Crippen LogP contribution in [0.4, 0.5) is 5.82 Å². The van der Waals surface area contributed by atoms with Crippen molar-refractivity contribution in [1.29, 1.82) is 0 Å². The van der Waals surface area contributed by atoms with Crippen LogP contribution in [0.25, 0.3) is 0 Å². The fourth-order valence-corrected chi connectivity index (χ4v) is 5.72. The van der Waals surface area contributed by atoms with Gasteiger partial charge in [-0.15, -0.1) is 0 Å². The fraction of sp³-hybridized carbons (Fsp3) is 0.640. The lowest BCUT2D eigenvalue weighted by molar-refractivity contribution is -0.177. The van der Waals surface area contributed by atoms with Gasteiger partial charge < -0.3 is 20.3 Å². The van der Waals surface area contributed by atoms with E-state index < -0.39 is 17.5 Å². The minimum atomic E-state index is -0.802. The number of aliphatic hydroxyl groups excluding tert-OH is 1. The maximum atomic E-state index is 12.6. The number of aliphatic hydroxyl groups is 2. The number of hydrogen-bond acceptors (Lipinski definition) is 9. The highest BCUT2D eigenvalue weighted by molar-refractivity contribution is 6.02. The Labute approximate surface area is 211 Å². The lowest BCUT2D eigenvalue weighted by Gasteiger charge is -2.48. The number of aromatic nitrogens is 3. The number of ether oxygens (including phenoxy) is 1. The minimum absolute atomic E-state index is 0.105. The number of nitrogens with one attached hydrogen (secondary N) is 2. The van der Waals surface area contributed by atoms with E-state index in [1.165, 1.54) is 0 Å². The third-order valence-corrected chi connectivity index (χ3v) is 7.93. The molecule has 0 bridgehead atoms. The molecule has 0 spiro atoms. The van der Waals surface area contributed by atoms with Crippen molar-refractivity contribution in [3.63, 3.8) is 0 Å². The first kappa shape index (κ1) is 25.2. The van der Waals surface area contributed by atoms with Crippen molar-refractivity contribution >= 4 is 11.7 Å². The standard InChI is InChI=1S/C25H37N7O4/c1-17-14-30(16-25(35)7-12-36-13-8-25)10-11-31(17)23(34)32-15-18-20(24(32,2)3)28-29-21(18)27-22(33)19-6-4-5-9-26-19/h4-6,9,17,23,34-35H,7-8,10-16H2,1-3H3,(H2,27,28,29,33)/t17-,23?/m0/s1. The number of carbonyl (C=O) groups excluding carboxylic acids is 1. The van der Waals surface area contributed by atoms with Crippen LogP contribution in [-0.4, -0.2) is 103 Å². The number of β-amino-alcohol motifs (C(OH)–C–C–N with tert-alkyl or cyclic N) is 1. The first-order valence-electron chi connectivity index (χ1n) is 12.7. The summed E-state index contributed by atoms with van der Waals surface area (Å²) in [6.45, 7) is 10.7. The lowest BCUT2D eigenvalue weighted by atomic mass is 9.93. The number of hydrogen-bond donors (Lipinski definition) is 4. The molecule has 5 heterocycles. The van der Waals surface area contributed by atoms with Crippen LogP contribution < -0.4 is 5.32 Å². The molecular weight excluding hydrogens is 462 g/mol. The molecule has 3 aliphatic heterocycles. The highest BCUT2D eigenvalue weighted by Crippen LogP contribution is 2.42. The normalized spacial score (nSPS) is 25.4. The Morgan fingerprint density at radius 2 is 2.08 bits per heavy atom. The third kappa shape index (κ3) is 4.79. The van der Waals surface area contributed by atoms with Gasteiger partial charge in [0.2, 0.25) is 0 Å².